The molecule has 0 bridgehead atoms. The molecule has 2 saturated heterocycles. The Labute approximate surface area is 446 Å². The highest BCUT2D eigenvalue weighted by molar-refractivity contribution is 7.22. The number of fused-ring (bicyclic) bond motifs is 6. The molecule has 73 heavy (non-hydrogen) atoms. The van der Waals surface area contributed by atoms with Gasteiger partial charge in [-0.15, -0.1) is 45.3 Å². The maximum absolute atomic E-state index is 13.3. The number of ketones is 2. The van der Waals surface area contributed by atoms with Gasteiger partial charge in [0.2, 0.25) is 0 Å². The third kappa shape index (κ3) is 11.6. The molecule has 4 aliphatic heterocycles. The number of pyridine rings is 2. The van der Waals surface area contributed by atoms with Gasteiger partial charge in [-0.05, 0) is 171 Å². The summed E-state index contributed by atoms with van der Waals surface area (Å²) < 4.78 is 7.97. The van der Waals surface area contributed by atoms with E-state index in [0.717, 1.165) is 114 Å². The molecular formula is C57H72N8O4S4. The van der Waals surface area contributed by atoms with Gasteiger partial charge < -0.3 is 25.6 Å². The van der Waals surface area contributed by atoms with E-state index in [1.807, 2.05) is 61.5 Å². The minimum absolute atomic E-state index is 0.00333. The number of hydrogen-bond acceptors (Lipinski definition) is 15. The summed E-state index contributed by atoms with van der Waals surface area (Å²) >= 11 is 6.90. The van der Waals surface area contributed by atoms with Crippen LogP contribution in [0.1, 0.15) is 129 Å². The number of thiophene rings is 2. The summed E-state index contributed by atoms with van der Waals surface area (Å²) in [5, 5.41) is 12.6. The summed E-state index contributed by atoms with van der Waals surface area (Å²) in [5.74, 6) is 5.81. The molecule has 2 unspecified atom stereocenters. The van der Waals surface area contributed by atoms with Crippen molar-refractivity contribution in [3.05, 3.63) is 67.6 Å². The van der Waals surface area contributed by atoms with Gasteiger partial charge in [0.15, 0.2) is 0 Å². The van der Waals surface area contributed by atoms with Crippen LogP contribution in [0.25, 0.3) is 41.6 Å². The maximum atomic E-state index is 13.3. The quantitative estimate of drug-likeness (QED) is 0.0956. The average Bonchev–Trinajstić information content (AvgIpc) is 4.21. The number of ether oxygens (including phenoxy) is 1. The Bertz CT molecular complexity index is 2880. The van der Waals surface area contributed by atoms with Gasteiger partial charge in [0, 0.05) is 87.3 Å². The lowest BCUT2D eigenvalue weighted by Gasteiger charge is -2.35. The molecule has 388 valence electrons. The number of nitrogens with zero attached hydrogens (tertiary/aromatic N) is 5. The van der Waals surface area contributed by atoms with Crippen molar-refractivity contribution < 1.29 is 19.1 Å². The van der Waals surface area contributed by atoms with Crippen LogP contribution >= 0.6 is 45.3 Å². The van der Waals surface area contributed by atoms with E-state index in [9.17, 15) is 14.4 Å². The Morgan fingerprint density at radius 1 is 0.685 bits per heavy atom. The number of carbonyl (C=O) groups is 3. The van der Waals surface area contributed by atoms with Gasteiger partial charge in [-0.1, -0.05) is 12.8 Å². The van der Waals surface area contributed by atoms with Crippen LogP contribution < -0.4 is 16.0 Å². The largest absolute Gasteiger partial charge is 0.444 e. The van der Waals surface area contributed by atoms with Gasteiger partial charge in [0.1, 0.15) is 38.2 Å². The van der Waals surface area contributed by atoms with Crippen molar-refractivity contribution in [1.29, 1.82) is 0 Å². The molecule has 1 amide bonds. The zero-order valence-corrected chi connectivity index (χ0v) is 46.5. The van der Waals surface area contributed by atoms with E-state index in [2.05, 4.69) is 39.8 Å². The highest BCUT2D eigenvalue weighted by Crippen LogP contribution is 2.47. The van der Waals surface area contributed by atoms with Gasteiger partial charge in [-0.3, -0.25) is 19.6 Å². The lowest BCUT2D eigenvalue weighted by atomic mass is 9.94. The van der Waals surface area contributed by atoms with Crippen LogP contribution in [0.5, 0.6) is 0 Å². The van der Waals surface area contributed by atoms with E-state index in [0.29, 0.717) is 49.8 Å². The molecule has 12 nitrogen and oxygen atoms in total. The molecule has 6 aromatic heterocycles. The summed E-state index contributed by atoms with van der Waals surface area (Å²) in [4.78, 5) is 64.4. The molecule has 10 heterocycles. The number of thiazole rings is 2. The summed E-state index contributed by atoms with van der Waals surface area (Å²) in [6.07, 6.45) is 20.8. The third-order valence-electron chi connectivity index (χ3n) is 16.6. The molecule has 16 heteroatoms. The zero-order valence-electron chi connectivity index (χ0n) is 43.2. The highest BCUT2D eigenvalue weighted by Gasteiger charge is 2.39. The van der Waals surface area contributed by atoms with Crippen molar-refractivity contribution in [3.63, 3.8) is 0 Å². The molecule has 0 spiro atoms. The van der Waals surface area contributed by atoms with E-state index in [4.69, 9.17) is 14.7 Å². The fraction of sp³-hybridized carbons (Fsp3) is 0.596. The monoisotopic (exact) mass is 1060 g/mol. The van der Waals surface area contributed by atoms with Crippen LogP contribution in [0.2, 0.25) is 0 Å². The number of hydrogen-bond donors (Lipinski definition) is 3. The highest BCUT2D eigenvalue weighted by atomic mass is 32.1. The fourth-order valence-corrected chi connectivity index (χ4v) is 17.9. The van der Waals surface area contributed by atoms with Gasteiger partial charge in [-0.25, -0.2) is 14.8 Å². The van der Waals surface area contributed by atoms with Crippen molar-refractivity contribution in [2.45, 2.75) is 155 Å². The minimum atomic E-state index is -0.543. The molecule has 0 radical (unpaired) electrons. The van der Waals surface area contributed by atoms with Crippen molar-refractivity contribution in [2.75, 3.05) is 26.2 Å². The Morgan fingerprint density at radius 3 is 1.67 bits per heavy atom. The summed E-state index contributed by atoms with van der Waals surface area (Å²) in [6, 6.07) is 4.49. The van der Waals surface area contributed by atoms with Gasteiger partial charge in [0.25, 0.3) is 0 Å². The van der Waals surface area contributed by atoms with Crippen molar-refractivity contribution in [1.82, 2.24) is 40.8 Å². The maximum Gasteiger partial charge on any atom is 0.410 e. The zero-order chi connectivity index (χ0) is 50.4. The van der Waals surface area contributed by atoms with E-state index >= 15 is 0 Å². The van der Waals surface area contributed by atoms with Crippen LogP contribution in [-0.4, -0.2) is 86.4 Å². The van der Waals surface area contributed by atoms with E-state index in [-0.39, 0.29) is 12.1 Å². The van der Waals surface area contributed by atoms with Gasteiger partial charge in [-0.2, -0.15) is 0 Å². The first-order valence-electron chi connectivity index (χ1n) is 27.1. The number of nitrogens with one attached hydrogen (secondary N) is 3. The number of rotatable bonds is 14. The van der Waals surface area contributed by atoms with Crippen LogP contribution in [0.4, 0.5) is 4.79 Å². The molecule has 2 aliphatic carbocycles. The first kappa shape index (κ1) is 51.1. The van der Waals surface area contributed by atoms with Crippen LogP contribution in [0.3, 0.4) is 0 Å². The third-order valence-corrected chi connectivity index (χ3v) is 21.1. The molecule has 12 rings (SSSR count). The lowest BCUT2D eigenvalue weighted by molar-refractivity contribution is -0.119. The number of aromatic nitrogens is 4. The molecule has 6 aromatic rings. The molecule has 2 saturated carbocycles. The number of amides is 1. The lowest BCUT2D eigenvalue weighted by Crippen LogP contribution is -2.44. The number of carbonyl (C=O) groups excluding carboxylic acids is 3. The molecule has 6 aliphatic rings. The molecule has 0 aromatic carbocycles. The Morgan fingerprint density at radius 2 is 1.18 bits per heavy atom. The Hall–Kier alpha value is -4.03. The summed E-state index contributed by atoms with van der Waals surface area (Å²) in [6.45, 7) is 16.2. The van der Waals surface area contributed by atoms with E-state index in [1.54, 1.807) is 46.4 Å². The first-order chi connectivity index (χ1) is 35.3. The second-order valence-corrected chi connectivity index (χ2v) is 27.7. The topological polar surface area (TPSA) is 151 Å². The minimum Gasteiger partial charge on any atom is -0.444 e. The predicted molar refractivity (Wildman–Crippen MR) is 297 cm³/mol. The van der Waals surface area contributed by atoms with Crippen LogP contribution in [-0.2, 0) is 53.1 Å². The summed E-state index contributed by atoms with van der Waals surface area (Å²) in [7, 11) is 0. The van der Waals surface area contributed by atoms with Crippen molar-refractivity contribution in [3.8, 4) is 21.1 Å². The molecule has 4 fully saturated rings. The normalized spacial score (nSPS) is 25.4. The predicted octanol–water partition coefficient (Wildman–Crippen LogP) is 11.6. The van der Waals surface area contributed by atoms with Crippen molar-refractivity contribution in [2.24, 2.45) is 35.5 Å². The van der Waals surface area contributed by atoms with E-state index in [1.165, 1.54) is 91.1 Å². The smallest absolute Gasteiger partial charge is 0.410 e. The molecule has 3 N–H and O–H groups in total. The van der Waals surface area contributed by atoms with Gasteiger partial charge >= 0.3 is 6.09 Å². The fourth-order valence-electron chi connectivity index (χ4n) is 13.1. The van der Waals surface area contributed by atoms with Crippen LogP contribution in [0.15, 0.2) is 36.9 Å². The standard InChI is InChI=1S/C31H40N4O3S2.C26H32N4OS2/c1-18-10-23-27(17-35(18)30(37)38-31(2,3)4)39-26(28(23)29-34-24-16-32-9-8-25(24)40-29)13-22(36)7-5-6-19-11-20-14-33-15-21(20)12-19;1-15-7-20-24(14-29-15)32-23(25(20)26-30-21-13-27-6-5-22(21)33-26)10-19(31)4-2-3-16-8-17-11-28-12-18(17)9-16/h8-9,16,18-21,33H,5-7,10-15,17H2,1-4H3;5-6,13,15-18,28-29H,2-4,7-12,14H2,1H3/t18-,19?,20-,21+;15-,16?,17-,18+/m00/s1. The average molecular weight is 1060 g/mol. The van der Waals surface area contributed by atoms with Crippen LogP contribution in [0, 0.1) is 35.5 Å². The first-order valence-corrected chi connectivity index (χ1v) is 30.4. The summed E-state index contributed by atoms with van der Waals surface area (Å²) in [5.41, 5.74) is 6.29. The van der Waals surface area contributed by atoms with E-state index < -0.39 is 5.60 Å². The Balaban J connectivity index is 0.000000160. The molecular weight excluding hydrogens is 989 g/mol. The second kappa shape index (κ2) is 21.9. The second-order valence-electron chi connectivity index (χ2n) is 23.2. The van der Waals surface area contributed by atoms with Crippen molar-refractivity contribution >= 4 is 83.4 Å². The number of Topliss-reactive ketones (excluding diaryl/α,β-unsaturated/α-hetero) is 2. The van der Waals surface area contributed by atoms with Gasteiger partial charge in [0.05, 0.1) is 28.3 Å². The molecule has 8 atom stereocenters. The Kier molecular flexibility index (Phi) is 15.3. The SMILES string of the molecule is C[C@H]1Cc2c(sc(CC(=O)CCCC3C[C@H]4CNC[C@H]4C3)c2-c2nc3cnccc3s2)CN1.C[C@H]1Cc2c(sc(CC(=O)CCCC3C[C@H]4CNC[C@H]4C3)c2-c2nc3cnccc3s2)CN1C(=O)OC(C)(C)C.